The first-order valence-corrected chi connectivity index (χ1v) is 13.3. The van der Waals surface area contributed by atoms with E-state index in [2.05, 4.69) is 20.8 Å². The molecule has 39 heavy (non-hydrogen) atoms. The van der Waals surface area contributed by atoms with E-state index in [9.17, 15) is 13.6 Å². The van der Waals surface area contributed by atoms with E-state index in [4.69, 9.17) is 10.1 Å². The topological polar surface area (TPSA) is 73.5 Å². The van der Waals surface area contributed by atoms with E-state index in [1.54, 1.807) is 12.1 Å². The Morgan fingerprint density at radius 3 is 2.59 bits per heavy atom. The number of aromatic nitrogens is 4. The highest BCUT2D eigenvalue weighted by Gasteiger charge is 2.45. The van der Waals surface area contributed by atoms with E-state index < -0.39 is 6.61 Å². The summed E-state index contributed by atoms with van der Waals surface area (Å²) in [6.07, 6.45) is 8.33. The van der Waals surface area contributed by atoms with Crippen LogP contribution < -0.4 is 15.5 Å². The van der Waals surface area contributed by atoms with Crippen molar-refractivity contribution in [3.05, 3.63) is 82.5 Å². The standard InChI is InChI=1S/C30H25F2N5O2/c31-29(32)39-20-6-3-18(4-7-20)26-27(38)22(15-36-12-9-23(17-1-2-17)34-28(26)36)19-5-8-24-21(13-19)25-14-33-30(10-11-30)16-37(25)35-24/h3-9,12-13,15,17,29,33H,1-2,10-11,14,16H2. The molecule has 2 aliphatic carbocycles. The highest BCUT2D eigenvalue weighted by Crippen LogP contribution is 2.41. The molecular weight excluding hydrogens is 500 g/mol. The molecule has 4 heterocycles. The lowest BCUT2D eigenvalue weighted by molar-refractivity contribution is -0.0498. The van der Waals surface area contributed by atoms with Crippen LogP contribution in [0, 0.1) is 0 Å². The number of pyridine rings is 1. The van der Waals surface area contributed by atoms with Crippen LogP contribution in [0.15, 0.2) is 65.7 Å². The molecule has 196 valence electrons. The Kier molecular flexibility index (Phi) is 4.80. The van der Waals surface area contributed by atoms with Gasteiger partial charge in [0, 0.05) is 47.0 Å². The number of rotatable bonds is 5. The molecule has 7 nitrogen and oxygen atoms in total. The molecule has 0 atom stereocenters. The van der Waals surface area contributed by atoms with Crippen molar-refractivity contribution >= 4 is 16.6 Å². The van der Waals surface area contributed by atoms with Gasteiger partial charge in [-0.3, -0.25) is 9.48 Å². The number of fused-ring (bicyclic) bond motifs is 4. The number of nitrogens with zero attached hydrogens (tertiary/aromatic N) is 4. The lowest BCUT2D eigenvalue weighted by Crippen LogP contribution is -2.41. The summed E-state index contributed by atoms with van der Waals surface area (Å²) in [7, 11) is 0. The van der Waals surface area contributed by atoms with Crippen molar-refractivity contribution in [3.8, 4) is 28.0 Å². The van der Waals surface area contributed by atoms with Crippen LogP contribution in [0.4, 0.5) is 8.78 Å². The highest BCUT2D eigenvalue weighted by molar-refractivity contribution is 5.89. The van der Waals surface area contributed by atoms with Gasteiger partial charge < -0.3 is 14.5 Å². The second-order valence-corrected chi connectivity index (χ2v) is 11.0. The summed E-state index contributed by atoms with van der Waals surface area (Å²) in [5.74, 6) is 0.456. The summed E-state index contributed by atoms with van der Waals surface area (Å²) < 4.78 is 34.0. The lowest BCUT2D eigenvalue weighted by Gasteiger charge is -2.24. The van der Waals surface area contributed by atoms with Gasteiger partial charge in [0.1, 0.15) is 11.4 Å². The third-order valence-corrected chi connectivity index (χ3v) is 8.31. The number of benzene rings is 2. The fourth-order valence-electron chi connectivity index (χ4n) is 5.81. The summed E-state index contributed by atoms with van der Waals surface area (Å²) in [5.41, 5.74) is 6.00. The van der Waals surface area contributed by atoms with E-state index in [0.29, 0.717) is 28.3 Å². The van der Waals surface area contributed by atoms with Crippen molar-refractivity contribution in [2.75, 3.05) is 0 Å². The van der Waals surface area contributed by atoms with Crippen molar-refractivity contribution in [3.63, 3.8) is 0 Å². The van der Waals surface area contributed by atoms with Gasteiger partial charge in [-0.05, 0) is 67.1 Å². The smallest absolute Gasteiger partial charge is 0.387 e. The molecule has 2 fully saturated rings. The van der Waals surface area contributed by atoms with Gasteiger partial charge in [0.05, 0.1) is 23.3 Å². The van der Waals surface area contributed by atoms with Crippen molar-refractivity contribution in [1.82, 2.24) is 24.5 Å². The summed E-state index contributed by atoms with van der Waals surface area (Å²) >= 11 is 0. The van der Waals surface area contributed by atoms with Crippen molar-refractivity contribution in [2.45, 2.75) is 56.8 Å². The second kappa shape index (κ2) is 8.19. The number of halogens is 2. The van der Waals surface area contributed by atoms with Crippen LogP contribution in [-0.4, -0.2) is 31.3 Å². The number of nitrogens with one attached hydrogen (secondary N) is 1. The minimum Gasteiger partial charge on any atom is -0.435 e. The molecule has 0 unspecified atom stereocenters. The van der Waals surface area contributed by atoms with Gasteiger partial charge in [-0.1, -0.05) is 18.2 Å². The van der Waals surface area contributed by atoms with Crippen LogP contribution in [0.3, 0.4) is 0 Å². The van der Waals surface area contributed by atoms with Gasteiger partial charge in [0.25, 0.3) is 0 Å². The Labute approximate surface area is 222 Å². The summed E-state index contributed by atoms with van der Waals surface area (Å²) in [5, 5.41) is 9.55. The third kappa shape index (κ3) is 3.83. The molecule has 1 aliphatic heterocycles. The Morgan fingerprint density at radius 2 is 1.85 bits per heavy atom. The van der Waals surface area contributed by atoms with Gasteiger partial charge >= 0.3 is 6.61 Å². The average molecular weight is 526 g/mol. The maximum atomic E-state index is 14.2. The average Bonchev–Trinajstić information content (AvgIpc) is 3.86. The van der Waals surface area contributed by atoms with E-state index in [1.165, 1.54) is 25.0 Å². The Morgan fingerprint density at radius 1 is 1.05 bits per heavy atom. The van der Waals surface area contributed by atoms with Crippen LogP contribution in [0.2, 0.25) is 0 Å². The first-order chi connectivity index (χ1) is 19.0. The predicted octanol–water partition coefficient (Wildman–Crippen LogP) is 5.49. The van der Waals surface area contributed by atoms with Gasteiger partial charge in [-0.2, -0.15) is 13.9 Å². The predicted molar refractivity (Wildman–Crippen MR) is 143 cm³/mol. The molecule has 0 saturated heterocycles. The number of ether oxygens (including phenoxy) is 1. The zero-order valence-electron chi connectivity index (χ0n) is 21.0. The number of hydrogen-bond donors (Lipinski definition) is 1. The molecule has 2 saturated carbocycles. The zero-order valence-corrected chi connectivity index (χ0v) is 21.0. The lowest BCUT2D eigenvalue weighted by atomic mass is 9.98. The molecule has 1 N–H and O–H groups in total. The van der Waals surface area contributed by atoms with Crippen LogP contribution in [0.1, 0.15) is 43.0 Å². The van der Waals surface area contributed by atoms with E-state index in [1.807, 2.05) is 35.0 Å². The van der Waals surface area contributed by atoms with E-state index >= 15 is 0 Å². The van der Waals surface area contributed by atoms with Crippen LogP contribution in [0.5, 0.6) is 5.75 Å². The quantitative estimate of drug-likeness (QED) is 0.328. The molecule has 3 aromatic heterocycles. The SMILES string of the molecule is O=c1c(-c2ccc3nn4c(c3c2)CNC2(CC2)C4)cn2ccc(C3CC3)nc2c1-c1ccc(OC(F)F)cc1. The maximum absolute atomic E-state index is 14.2. The largest absolute Gasteiger partial charge is 0.435 e. The second-order valence-electron chi connectivity index (χ2n) is 11.0. The molecule has 0 amide bonds. The van der Waals surface area contributed by atoms with Gasteiger partial charge in [0.15, 0.2) is 5.43 Å². The van der Waals surface area contributed by atoms with Gasteiger partial charge in [-0.25, -0.2) is 4.98 Å². The maximum Gasteiger partial charge on any atom is 0.387 e. The van der Waals surface area contributed by atoms with Crippen LogP contribution in [0.25, 0.3) is 38.8 Å². The van der Waals surface area contributed by atoms with Crippen molar-refractivity contribution < 1.29 is 13.5 Å². The molecule has 8 rings (SSSR count). The molecule has 0 bridgehead atoms. The first-order valence-electron chi connectivity index (χ1n) is 13.3. The van der Waals surface area contributed by atoms with Crippen molar-refractivity contribution in [1.29, 1.82) is 0 Å². The minimum absolute atomic E-state index is 0.0407. The number of alkyl halides is 2. The van der Waals surface area contributed by atoms with Crippen molar-refractivity contribution in [2.24, 2.45) is 0 Å². The fourth-order valence-corrected chi connectivity index (χ4v) is 5.81. The summed E-state index contributed by atoms with van der Waals surface area (Å²) in [4.78, 5) is 19.1. The monoisotopic (exact) mass is 525 g/mol. The highest BCUT2D eigenvalue weighted by atomic mass is 19.3. The fraction of sp³-hybridized carbons (Fsp3) is 0.300. The zero-order chi connectivity index (χ0) is 26.3. The molecule has 5 aromatic rings. The minimum atomic E-state index is -2.91. The molecule has 3 aliphatic rings. The normalized spacial score (nSPS) is 17.7. The van der Waals surface area contributed by atoms with E-state index in [0.717, 1.165) is 53.8 Å². The van der Waals surface area contributed by atoms with Crippen LogP contribution in [-0.2, 0) is 13.1 Å². The Balaban J connectivity index is 1.30. The Hall–Kier alpha value is -4.11. The number of hydrogen-bond acceptors (Lipinski definition) is 5. The van der Waals surface area contributed by atoms with Crippen LogP contribution >= 0.6 is 0 Å². The van der Waals surface area contributed by atoms with Gasteiger partial charge in [-0.15, -0.1) is 0 Å². The molecule has 1 spiro atoms. The first kappa shape index (κ1) is 22.8. The molecule has 0 radical (unpaired) electrons. The third-order valence-electron chi connectivity index (χ3n) is 8.31. The summed E-state index contributed by atoms with van der Waals surface area (Å²) in [6, 6.07) is 14.2. The molecule has 9 heteroatoms. The molecule has 2 aromatic carbocycles. The molecular formula is C30H25F2N5O2. The van der Waals surface area contributed by atoms with E-state index in [-0.39, 0.29) is 16.7 Å². The Bertz CT molecular complexity index is 1840. The summed E-state index contributed by atoms with van der Waals surface area (Å²) in [6.45, 7) is -1.29. The van der Waals surface area contributed by atoms with Gasteiger partial charge in [0.2, 0.25) is 0 Å².